The van der Waals surface area contributed by atoms with Crippen LogP contribution in [0, 0.1) is 5.92 Å². The minimum absolute atomic E-state index is 0.805. The van der Waals surface area contributed by atoms with E-state index in [1.165, 1.54) is 58.2 Å². The van der Waals surface area contributed by atoms with Gasteiger partial charge in [-0.3, -0.25) is 4.90 Å². The number of hydrogen-bond acceptors (Lipinski definition) is 2. The lowest BCUT2D eigenvalue weighted by Crippen LogP contribution is -2.49. The lowest BCUT2D eigenvalue weighted by Gasteiger charge is -2.41. The second kappa shape index (κ2) is 6.02. The van der Waals surface area contributed by atoms with Crippen molar-refractivity contribution in [1.82, 2.24) is 10.2 Å². The van der Waals surface area contributed by atoms with Gasteiger partial charge in [-0.25, -0.2) is 0 Å². The van der Waals surface area contributed by atoms with Crippen LogP contribution in [0.1, 0.15) is 52.4 Å². The summed E-state index contributed by atoms with van der Waals surface area (Å²) in [5.41, 5.74) is 0. The largest absolute Gasteiger partial charge is 0.315 e. The van der Waals surface area contributed by atoms with Crippen LogP contribution in [0.25, 0.3) is 0 Å². The van der Waals surface area contributed by atoms with Crippen molar-refractivity contribution < 1.29 is 0 Å². The average molecular weight is 224 g/mol. The summed E-state index contributed by atoms with van der Waals surface area (Å²) in [5, 5.41) is 3.57. The van der Waals surface area contributed by atoms with Crippen LogP contribution in [-0.2, 0) is 0 Å². The maximum Gasteiger partial charge on any atom is 0.0263 e. The third kappa shape index (κ3) is 2.78. The van der Waals surface area contributed by atoms with Gasteiger partial charge in [0.2, 0.25) is 0 Å². The second-order valence-electron chi connectivity index (χ2n) is 5.71. The molecule has 1 N–H and O–H groups in total. The maximum atomic E-state index is 3.57. The van der Waals surface area contributed by atoms with Gasteiger partial charge in [-0.05, 0) is 45.2 Å². The molecule has 0 amide bonds. The first-order valence-corrected chi connectivity index (χ1v) is 7.29. The predicted octanol–water partition coefficient (Wildman–Crippen LogP) is 2.64. The summed E-state index contributed by atoms with van der Waals surface area (Å²) in [6, 6.07) is 1.66. The fourth-order valence-corrected chi connectivity index (χ4v) is 3.51. The van der Waals surface area contributed by atoms with Crippen molar-refractivity contribution in [2.24, 2.45) is 5.92 Å². The van der Waals surface area contributed by atoms with Crippen molar-refractivity contribution >= 4 is 0 Å². The molecule has 0 spiro atoms. The van der Waals surface area contributed by atoms with Gasteiger partial charge in [0, 0.05) is 18.6 Å². The van der Waals surface area contributed by atoms with Gasteiger partial charge in [-0.15, -0.1) is 0 Å². The Bertz CT molecular complexity index is 205. The highest BCUT2D eigenvalue weighted by molar-refractivity contribution is 4.93. The number of likely N-dealkylation sites (tertiary alicyclic amines) is 1. The summed E-state index contributed by atoms with van der Waals surface area (Å²) in [7, 11) is 0. The van der Waals surface area contributed by atoms with E-state index in [1.807, 2.05) is 0 Å². The molecule has 2 aliphatic heterocycles. The molecule has 2 aliphatic rings. The molecule has 16 heavy (non-hydrogen) atoms. The molecule has 0 radical (unpaired) electrons. The van der Waals surface area contributed by atoms with Crippen molar-refractivity contribution in [1.29, 1.82) is 0 Å². The summed E-state index contributed by atoms with van der Waals surface area (Å²) < 4.78 is 0. The van der Waals surface area contributed by atoms with E-state index in [1.54, 1.807) is 0 Å². The molecule has 94 valence electrons. The van der Waals surface area contributed by atoms with E-state index in [0.29, 0.717) is 0 Å². The molecule has 2 saturated heterocycles. The molecule has 2 nitrogen and oxygen atoms in total. The monoisotopic (exact) mass is 224 g/mol. The van der Waals surface area contributed by atoms with Gasteiger partial charge >= 0.3 is 0 Å². The highest BCUT2D eigenvalue weighted by Crippen LogP contribution is 2.29. The minimum atomic E-state index is 0.805. The number of unbranched alkanes of at least 4 members (excludes halogenated alkanes) is 2. The summed E-state index contributed by atoms with van der Waals surface area (Å²) >= 11 is 0. The summed E-state index contributed by atoms with van der Waals surface area (Å²) in [6.07, 6.45) is 8.44. The first kappa shape index (κ1) is 12.4. The van der Waals surface area contributed by atoms with Crippen LogP contribution in [0.4, 0.5) is 0 Å². The Kier molecular flexibility index (Phi) is 4.66. The van der Waals surface area contributed by atoms with Gasteiger partial charge in [-0.2, -0.15) is 0 Å². The molecule has 0 bridgehead atoms. The molecule has 2 fully saturated rings. The maximum absolute atomic E-state index is 3.57. The second-order valence-corrected chi connectivity index (χ2v) is 5.71. The van der Waals surface area contributed by atoms with E-state index in [4.69, 9.17) is 0 Å². The zero-order valence-corrected chi connectivity index (χ0v) is 11.0. The molecule has 2 rings (SSSR count). The Labute approximate surface area is 101 Å². The van der Waals surface area contributed by atoms with Crippen LogP contribution in [0.15, 0.2) is 0 Å². The molecule has 0 aromatic heterocycles. The van der Waals surface area contributed by atoms with E-state index in [-0.39, 0.29) is 0 Å². The molecule has 0 aliphatic carbocycles. The Morgan fingerprint density at radius 3 is 3.00 bits per heavy atom. The number of nitrogens with one attached hydrogen (secondary N) is 1. The van der Waals surface area contributed by atoms with E-state index in [9.17, 15) is 0 Å². The predicted molar refractivity (Wildman–Crippen MR) is 69.7 cm³/mol. The molecule has 3 atom stereocenters. The van der Waals surface area contributed by atoms with Crippen LogP contribution in [-0.4, -0.2) is 36.6 Å². The third-order valence-corrected chi connectivity index (χ3v) is 4.51. The van der Waals surface area contributed by atoms with E-state index >= 15 is 0 Å². The average Bonchev–Trinajstić information content (AvgIpc) is 2.76. The smallest absolute Gasteiger partial charge is 0.0263 e. The van der Waals surface area contributed by atoms with Crippen LogP contribution < -0.4 is 5.32 Å². The number of hydrogen-bond donors (Lipinski definition) is 1. The van der Waals surface area contributed by atoms with Gasteiger partial charge in [-0.1, -0.05) is 26.2 Å². The van der Waals surface area contributed by atoms with Crippen molar-refractivity contribution in [3.05, 3.63) is 0 Å². The van der Waals surface area contributed by atoms with Crippen molar-refractivity contribution in [3.8, 4) is 0 Å². The first-order valence-electron chi connectivity index (χ1n) is 7.29. The highest BCUT2D eigenvalue weighted by Gasteiger charge is 2.36. The van der Waals surface area contributed by atoms with E-state index in [2.05, 4.69) is 24.1 Å². The van der Waals surface area contributed by atoms with E-state index < -0.39 is 0 Å². The lowest BCUT2D eigenvalue weighted by molar-refractivity contribution is 0.0796. The fourth-order valence-electron chi connectivity index (χ4n) is 3.51. The van der Waals surface area contributed by atoms with Gasteiger partial charge in [0.25, 0.3) is 0 Å². The molecule has 2 heterocycles. The van der Waals surface area contributed by atoms with Crippen LogP contribution in [0.3, 0.4) is 0 Å². The first-order chi connectivity index (χ1) is 7.83. The van der Waals surface area contributed by atoms with E-state index in [0.717, 1.165) is 18.0 Å². The van der Waals surface area contributed by atoms with Crippen LogP contribution in [0.5, 0.6) is 0 Å². The SMILES string of the molecule is CCCCCC(C)N1CCCC2CNCC21. The normalized spacial score (nSPS) is 32.6. The zero-order valence-electron chi connectivity index (χ0n) is 11.0. The Hall–Kier alpha value is -0.0800. The summed E-state index contributed by atoms with van der Waals surface area (Å²) in [5.74, 6) is 0.947. The van der Waals surface area contributed by atoms with Gasteiger partial charge in [0.1, 0.15) is 0 Å². The van der Waals surface area contributed by atoms with Crippen molar-refractivity contribution in [2.45, 2.75) is 64.5 Å². The molecule has 0 aromatic carbocycles. The standard InChI is InChI=1S/C14H28N2/c1-3-4-5-7-12(2)16-9-6-8-13-10-15-11-14(13)16/h12-15H,3-11H2,1-2H3. The minimum Gasteiger partial charge on any atom is -0.315 e. The Morgan fingerprint density at radius 1 is 1.31 bits per heavy atom. The number of fused-ring (bicyclic) bond motifs is 1. The lowest BCUT2D eigenvalue weighted by atomic mass is 9.90. The number of rotatable bonds is 5. The van der Waals surface area contributed by atoms with Crippen LogP contribution >= 0.6 is 0 Å². The third-order valence-electron chi connectivity index (χ3n) is 4.51. The zero-order chi connectivity index (χ0) is 11.4. The fraction of sp³-hybridized carbons (Fsp3) is 1.00. The molecule has 0 aromatic rings. The Morgan fingerprint density at radius 2 is 2.19 bits per heavy atom. The molecule has 3 unspecified atom stereocenters. The van der Waals surface area contributed by atoms with Crippen molar-refractivity contribution in [2.75, 3.05) is 19.6 Å². The molecular weight excluding hydrogens is 196 g/mol. The van der Waals surface area contributed by atoms with Gasteiger partial charge in [0.15, 0.2) is 0 Å². The van der Waals surface area contributed by atoms with Crippen molar-refractivity contribution in [3.63, 3.8) is 0 Å². The topological polar surface area (TPSA) is 15.3 Å². The number of nitrogens with zero attached hydrogens (tertiary/aromatic N) is 1. The molecular formula is C14H28N2. The van der Waals surface area contributed by atoms with Crippen LogP contribution in [0.2, 0.25) is 0 Å². The summed E-state index contributed by atoms with van der Waals surface area (Å²) in [4.78, 5) is 2.80. The highest BCUT2D eigenvalue weighted by atomic mass is 15.2. The number of piperidine rings is 1. The quantitative estimate of drug-likeness (QED) is 0.722. The molecule has 0 saturated carbocycles. The Balaban J connectivity index is 1.82. The molecule has 2 heteroatoms. The van der Waals surface area contributed by atoms with Gasteiger partial charge < -0.3 is 5.32 Å². The summed E-state index contributed by atoms with van der Waals surface area (Å²) in [6.45, 7) is 8.58. The van der Waals surface area contributed by atoms with Gasteiger partial charge in [0.05, 0.1) is 0 Å².